The average molecular weight is 160 g/mol. The van der Waals surface area contributed by atoms with Gasteiger partial charge < -0.3 is 5.73 Å². The van der Waals surface area contributed by atoms with Gasteiger partial charge in [0.05, 0.1) is 5.69 Å². The minimum Gasteiger partial charge on any atom is -0.383 e. The van der Waals surface area contributed by atoms with Crippen LogP contribution >= 0.6 is 0 Å². The molecule has 12 heavy (non-hydrogen) atoms. The molecule has 0 fully saturated rings. The van der Waals surface area contributed by atoms with Gasteiger partial charge in [0.2, 0.25) is 0 Å². The summed E-state index contributed by atoms with van der Waals surface area (Å²) in [6.07, 6.45) is 7.50. The van der Waals surface area contributed by atoms with Crippen molar-refractivity contribution < 1.29 is 0 Å². The molecule has 1 aromatic heterocycles. The van der Waals surface area contributed by atoms with E-state index in [0.717, 1.165) is 11.3 Å². The van der Waals surface area contributed by atoms with Crippen molar-refractivity contribution in [3.8, 4) is 0 Å². The van der Waals surface area contributed by atoms with Crippen molar-refractivity contribution in [3.63, 3.8) is 0 Å². The second kappa shape index (κ2) is 2.73. The summed E-state index contributed by atoms with van der Waals surface area (Å²) in [7, 11) is 0. The number of aromatic nitrogens is 2. The lowest BCUT2D eigenvalue weighted by Crippen LogP contribution is -2.02. The molecule has 0 amide bonds. The molecule has 4 nitrogen and oxygen atoms in total. The number of nitrogens with zero attached hydrogens (tertiary/aromatic N) is 3. The van der Waals surface area contributed by atoms with Crippen LogP contribution in [0.5, 0.6) is 0 Å². The highest BCUT2D eigenvalue weighted by Crippen LogP contribution is 2.15. The number of fused-ring (bicyclic) bond motifs is 1. The highest BCUT2D eigenvalue weighted by Gasteiger charge is 2.06. The molecule has 0 bridgehead atoms. The highest BCUT2D eigenvalue weighted by atomic mass is 14.9. The Hall–Kier alpha value is -1.71. The predicted molar refractivity (Wildman–Crippen MR) is 47.7 cm³/mol. The van der Waals surface area contributed by atoms with Gasteiger partial charge in [0.1, 0.15) is 12.1 Å². The zero-order chi connectivity index (χ0) is 8.39. The molecule has 0 radical (unpaired) electrons. The molecule has 0 spiro atoms. The van der Waals surface area contributed by atoms with Crippen molar-refractivity contribution in [2.45, 2.75) is 6.42 Å². The molecule has 0 saturated heterocycles. The van der Waals surface area contributed by atoms with Crippen LogP contribution in [0.25, 0.3) is 6.08 Å². The van der Waals surface area contributed by atoms with Crippen LogP contribution in [0.15, 0.2) is 17.5 Å². The minimum atomic E-state index is 0.540. The molecule has 0 aromatic carbocycles. The van der Waals surface area contributed by atoms with Gasteiger partial charge in [0.15, 0.2) is 0 Å². The zero-order valence-corrected chi connectivity index (χ0v) is 6.44. The first-order chi connectivity index (χ1) is 5.88. The van der Waals surface area contributed by atoms with Crippen LogP contribution in [-0.2, 0) is 6.42 Å². The van der Waals surface area contributed by atoms with E-state index in [1.165, 1.54) is 6.33 Å². The third-order valence-corrected chi connectivity index (χ3v) is 1.73. The first-order valence-corrected chi connectivity index (χ1v) is 3.65. The Balaban J connectivity index is 2.59. The van der Waals surface area contributed by atoms with E-state index >= 15 is 0 Å². The first-order valence-electron chi connectivity index (χ1n) is 3.65. The zero-order valence-electron chi connectivity index (χ0n) is 6.44. The molecule has 2 rings (SSSR count). The molecule has 0 unspecified atom stereocenters. The van der Waals surface area contributed by atoms with Crippen LogP contribution in [-0.4, -0.2) is 16.2 Å². The van der Waals surface area contributed by atoms with Crippen LogP contribution < -0.4 is 5.73 Å². The summed E-state index contributed by atoms with van der Waals surface area (Å²) in [5, 5.41) is 0. The Bertz CT molecular complexity index is 354. The number of hydrogen-bond donors (Lipinski definition) is 1. The number of anilines is 1. The maximum absolute atomic E-state index is 5.66. The molecule has 2 heterocycles. The quantitative estimate of drug-likeness (QED) is 0.606. The summed E-state index contributed by atoms with van der Waals surface area (Å²) in [4.78, 5) is 12.0. The van der Waals surface area contributed by atoms with E-state index in [9.17, 15) is 0 Å². The number of aliphatic imine (C=N–C) groups is 1. The molecule has 0 aliphatic carbocycles. The standard InChI is InChI=1S/C8H8N4/c9-8-6-1-3-10-4-2-7(6)11-5-12-8/h2-5H,1H2,(H2,9,11,12). The monoisotopic (exact) mass is 160 g/mol. The van der Waals surface area contributed by atoms with E-state index in [-0.39, 0.29) is 0 Å². The highest BCUT2D eigenvalue weighted by molar-refractivity contribution is 5.71. The Morgan fingerprint density at radius 3 is 3.17 bits per heavy atom. The van der Waals surface area contributed by atoms with E-state index in [1.807, 2.05) is 6.08 Å². The number of rotatable bonds is 0. The Morgan fingerprint density at radius 2 is 2.25 bits per heavy atom. The second-order valence-corrected chi connectivity index (χ2v) is 2.47. The first kappa shape index (κ1) is 6.97. The third kappa shape index (κ3) is 1.07. The van der Waals surface area contributed by atoms with Gasteiger partial charge in [0.25, 0.3) is 0 Å². The van der Waals surface area contributed by atoms with Crippen molar-refractivity contribution in [2.24, 2.45) is 4.99 Å². The van der Waals surface area contributed by atoms with E-state index in [1.54, 1.807) is 12.4 Å². The van der Waals surface area contributed by atoms with Crippen molar-refractivity contribution in [1.82, 2.24) is 9.97 Å². The molecule has 60 valence electrons. The molecular formula is C8H8N4. The van der Waals surface area contributed by atoms with Crippen LogP contribution in [0, 0.1) is 0 Å². The number of nitrogens with two attached hydrogens (primary N) is 1. The van der Waals surface area contributed by atoms with Crippen molar-refractivity contribution >= 4 is 18.1 Å². The SMILES string of the molecule is Nc1ncnc2c1CC=NC=C2. The number of hydrogen-bond acceptors (Lipinski definition) is 4. The molecule has 1 aromatic rings. The molecule has 1 aliphatic heterocycles. The van der Waals surface area contributed by atoms with Gasteiger partial charge >= 0.3 is 0 Å². The maximum atomic E-state index is 5.66. The third-order valence-electron chi connectivity index (χ3n) is 1.73. The smallest absolute Gasteiger partial charge is 0.130 e. The molecule has 0 atom stereocenters. The van der Waals surface area contributed by atoms with Gasteiger partial charge in [0, 0.05) is 24.4 Å². The lowest BCUT2D eigenvalue weighted by atomic mass is 10.1. The van der Waals surface area contributed by atoms with Gasteiger partial charge in [-0.1, -0.05) is 0 Å². The normalized spacial score (nSPS) is 14.0. The lowest BCUT2D eigenvalue weighted by molar-refractivity contribution is 1.11. The van der Waals surface area contributed by atoms with Gasteiger partial charge in [-0.25, -0.2) is 9.97 Å². The molecule has 4 heteroatoms. The second-order valence-electron chi connectivity index (χ2n) is 2.47. The van der Waals surface area contributed by atoms with E-state index in [0.29, 0.717) is 12.2 Å². The fourth-order valence-electron chi connectivity index (χ4n) is 1.11. The topological polar surface area (TPSA) is 64.2 Å². The Labute approximate surface area is 69.9 Å². The fourth-order valence-corrected chi connectivity index (χ4v) is 1.11. The fraction of sp³-hybridized carbons (Fsp3) is 0.125. The Kier molecular flexibility index (Phi) is 1.59. The van der Waals surface area contributed by atoms with Crippen LogP contribution in [0.2, 0.25) is 0 Å². The predicted octanol–water partition coefficient (Wildman–Crippen LogP) is 0.656. The van der Waals surface area contributed by atoms with Crippen molar-refractivity contribution in [3.05, 3.63) is 23.8 Å². The van der Waals surface area contributed by atoms with Crippen LogP contribution in [0.4, 0.5) is 5.82 Å². The largest absolute Gasteiger partial charge is 0.383 e. The van der Waals surface area contributed by atoms with Gasteiger partial charge in [-0.2, -0.15) is 0 Å². The van der Waals surface area contributed by atoms with Crippen molar-refractivity contribution in [2.75, 3.05) is 5.73 Å². The number of nitrogen functional groups attached to an aromatic ring is 1. The summed E-state index contributed by atoms with van der Waals surface area (Å²) in [6, 6.07) is 0. The van der Waals surface area contributed by atoms with E-state index in [2.05, 4.69) is 15.0 Å². The van der Waals surface area contributed by atoms with Crippen LogP contribution in [0.3, 0.4) is 0 Å². The summed E-state index contributed by atoms with van der Waals surface area (Å²) >= 11 is 0. The molecule has 2 N–H and O–H groups in total. The molecule has 0 saturated carbocycles. The Morgan fingerprint density at radius 1 is 1.33 bits per heavy atom. The van der Waals surface area contributed by atoms with Gasteiger partial charge in [-0.3, -0.25) is 4.99 Å². The van der Waals surface area contributed by atoms with Crippen molar-refractivity contribution in [1.29, 1.82) is 0 Å². The van der Waals surface area contributed by atoms with Gasteiger partial charge in [-0.05, 0) is 6.08 Å². The van der Waals surface area contributed by atoms with Crippen LogP contribution in [0.1, 0.15) is 11.3 Å². The van der Waals surface area contributed by atoms with E-state index in [4.69, 9.17) is 5.73 Å². The summed E-state index contributed by atoms with van der Waals surface area (Å²) in [5.74, 6) is 0.540. The average Bonchev–Trinajstić information content (AvgIpc) is 2.30. The summed E-state index contributed by atoms with van der Waals surface area (Å²) in [5.41, 5.74) is 7.48. The summed E-state index contributed by atoms with van der Waals surface area (Å²) in [6.45, 7) is 0. The van der Waals surface area contributed by atoms with Gasteiger partial charge in [-0.15, -0.1) is 0 Å². The molecule has 1 aliphatic rings. The van der Waals surface area contributed by atoms with E-state index < -0.39 is 0 Å². The lowest BCUT2D eigenvalue weighted by Gasteiger charge is -2.02. The molecular weight excluding hydrogens is 152 g/mol. The summed E-state index contributed by atoms with van der Waals surface area (Å²) < 4.78 is 0. The maximum Gasteiger partial charge on any atom is 0.130 e. The minimum absolute atomic E-state index is 0.540.